The number of sulfone groups is 1. The maximum atomic E-state index is 13.0. The van der Waals surface area contributed by atoms with Gasteiger partial charge in [-0.25, -0.2) is 8.42 Å². The fraction of sp³-hybridized carbons (Fsp3) is 0.545. The van der Waals surface area contributed by atoms with E-state index in [1.807, 2.05) is 24.3 Å². The summed E-state index contributed by atoms with van der Waals surface area (Å²) in [5, 5.41) is 7.09. The van der Waals surface area contributed by atoms with E-state index in [1.165, 1.54) is 12.8 Å². The number of nitrogens with zero attached hydrogens (tertiary/aromatic N) is 3. The SMILES string of the molecule is COc1ccc(-c2cc(C(=O)N3CC4(C3)C(CN3CCCC3)CCS4(=O)=O)[nH]n2)cc1. The van der Waals surface area contributed by atoms with Crippen LogP contribution in [0.4, 0.5) is 0 Å². The monoisotopic (exact) mass is 444 g/mol. The van der Waals surface area contributed by atoms with Crippen molar-refractivity contribution in [2.24, 2.45) is 5.92 Å². The lowest BCUT2D eigenvalue weighted by Crippen LogP contribution is -2.69. The number of nitrogens with one attached hydrogen (secondary N) is 1. The van der Waals surface area contributed by atoms with E-state index in [0.717, 1.165) is 30.9 Å². The fourth-order valence-electron chi connectivity index (χ4n) is 5.26. The standard InChI is InChI=1S/C22H28N4O4S/c1-30-18-6-4-16(5-7-18)19-12-20(24-23-19)21(27)26-14-22(15-26)17(8-11-31(22,28)29)13-25-9-2-3-10-25/h4-7,12,17H,2-3,8-11,13-15H2,1H3,(H,23,24). The van der Waals surface area contributed by atoms with Crippen molar-refractivity contribution in [2.75, 3.05) is 45.6 Å². The smallest absolute Gasteiger partial charge is 0.271 e. The molecule has 4 heterocycles. The lowest BCUT2D eigenvalue weighted by Gasteiger charge is -2.50. The molecule has 0 radical (unpaired) electrons. The zero-order chi connectivity index (χ0) is 21.6. The van der Waals surface area contributed by atoms with Gasteiger partial charge in [0.15, 0.2) is 9.84 Å². The molecular formula is C22H28N4O4S. The van der Waals surface area contributed by atoms with Crippen LogP contribution >= 0.6 is 0 Å². The largest absolute Gasteiger partial charge is 0.497 e. The molecule has 1 amide bonds. The van der Waals surface area contributed by atoms with E-state index >= 15 is 0 Å². The Morgan fingerprint density at radius 2 is 1.94 bits per heavy atom. The summed E-state index contributed by atoms with van der Waals surface area (Å²) in [7, 11) is -1.58. The molecule has 1 aromatic carbocycles. The molecule has 0 bridgehead atoms. The molecule has 1 unspecified atom stereocenters. The molecule has 3 fully saturated rings. The van der Waals surface area contributed by atoms with Crippen LogP contribution in [0.1, 0.15) is 29.8 Å². The molecule has 1 aromatic heterocycles. The van der Waals surface area contributed by atoms with Crippen molar-refractivity contribution in [3.05, 3.63) is 36.0 Å². The van der Waals surface area contributed by atoms with Crippen LogP contribution in [-0.4, -0.2) is 84.7 Å². The van der Waals surface area contributed by atoms with E-state index in [9.17, 15) is 13.2 Å². The Morgan fingerprint density at radius 1 is 1.23 bits per heavy atom. The number of aromatic amines is 1. The number of benzene rings is 1. The van der Waals surface area contributed by atoms with Crippen LogP contribution < -0.4 is 4.74 Å². The third-order valence-electron chi connectivity index (χ3n) is 7.17. The molecule has 1 atom stereocenters. The van der Waals surface area contributed by atoms with Gasteiger partial charge in [-0.1, -0.05) is 0 Å². The van der Waals surface area contributed by atoms with Gasteiger partial charge in [-0.05, 0) is 68.6 Å². The average molecular weight is 445 g/mol. The third-order valence-corrected chi connectivity index (χ3v) is 9.78. The van der Waals surface area contributed by atoms with E-state index in [4.69, 9.17) is 4.74 Å². The summed E-state index contributed by atoms with van der Waals surface area (Å²) in [6, 6.07) is 9.18. The quantitative estimate of drug-likeness (QED) is 0.756. The summed E-state index contributed by atoms with van der Waals surface area (Å²) in [6.07, 6.45) is 3.08. The molecule has 0 saturated carbocycles. The van der Waals surface area contributed by atoms with Crippen LogP contribution in [0.25, 0.3) is 11.3 Å². The molecule has 1 spiro atoms. The predicted molar refractivity (Wildman–Crippen MR) is 117 cm³/mol. The summed E-state index contributed by atoms with van der Waals surface area (Å²) in [5.41, 5.74) is 1.93. The number of ether oxygens (including phenoxy) is 1. The number of carbonyl (C=O) groups excluding carboxylic acids is 1. The molecule has 1 N–H and O–H groups in total. The molecular weight excluding hydrogens is 416 g/mol. The summed E-state index contributed by atoms with van der Waals surface area (Å²) in [6.45, 7) is 3.50. The third kappa shape index (κ3) is 3.43. The Balaban J connectivity index is 1.29. The van der Waals surface area contributed by atoms with Gasteiger partial charge in [0.25, 0.3) is 5.91 Å². The van der Waals surface area contributed by atoms with Crippen molar-refractivity contribution < 1.29 is 17.9 Å². The number of carbonyl (C=O) groups is 1. The number of H-pyrrole nitrogens is 1. The highest BCUT2D eigenvalue weighted by Gasteiger charge is 2.62. The molecule has 9 heteroatoms. The first-order chi connectivity index (χ1) is 14.9. The first-order valence-corrected chi connectivity index (χ1v) is 12.5. The zero-order valence-electron chi connectivity index (χ0n) is 17.7. The fourth-order valence-corrected chi connectivity index (χ4v) is 7.67. The molecule has 166 valence electrons. The van der Waals surface area contributed by atoms with Crippen molar-refractivity contribution in [2.45, 2.75) is 24.0 Å². The maximum Gasteiger partial charge on any atom is 0.271 e. The molecule has 3 aliphatic rings. The van der Waals surface area contributed by atoms with Gasteiger partial charge in [-0.15, -0.1) is 0 Å². The second kappa shape index (κ2) is 7.63. The van der Waals surface area contributed by atoms with Gasteiger partial charge < -0.3 is 14.5 Å². The number of aromatic nitrogens is 2. The molecule has 0 aliphatic carbocycles. The van der Waals surface area contributed by atoms with Crippen molar-refractivity contribution in [1.29, 1.82) is 0 Å². The van der Waals surface area contributed by atoms with Crippen LogP contribution in [0.2, 0.25) is 0 Å². The van der Waals surface area contributed by atoms with Crippen LogP contribution in [0.3, 0.4) is 0 Å². The van der Waals surface area contributed by atoms with Crippen LogP contribution in [0.15, 0.2) is 30.3 Å². The number of amides is 1. The summed E-state index contributed by atoms with van der Waals surface area (Å²) in [5.74, 6) is 0.901. The second-order valence-corrected chi connectivity index (χ2v) is 11.4. The van der Waals surface area contributed by atoms with Crippen LogP contribution in [0, 0.1) is 5.92 Å². The Kier molecular flexibility index (Phi) is 5.05. The van der Waals surface area contributed by atoms with Crippen LogP contribution in [0.5, 0.6) is 5.75 Å². The molecule has 3 aliphatic heterocycles. The Labute approximate surface area is 182 Å². The minimum atomic E-state index is -3.19. The Morgan fingerprint density at radius 3 is 2.61 bits per heavy atom. The number of hydrogen-bond acceptors (Lipinski definition) is 6. The Bertz CT molecular complexity index is 1070. The van der Waals surface area contributed by atoms with Gasteiger partial charge in [-0.2, -0.15) is 5.10 Å². The topological polar surface area (TPSA) is 95.6 Å². The van der Waals surface area contributed by atoms with Gasteiger partial charge in [0.05, 0.1) is 18.6 Å². The van der Waals surface area contributed by atoms with Gasteiger partial charge in [0, 0.05) is 25.2 Å². The highest BCUT2D eigenvalue weighted by Crippen LogP contribution is 2.45. The minimum absolute atomic E-state index is 0.108. The van der Waals surface area contributed by atoms with Gasteiger partial charge in [0.2, 0.25) is 0 Å². The lowest BCUT2D eigenvalue weighted by molar-refractivity contribution is 0.0427. The number of rotatable bonds is 5. The Hall–Kier alpha value is -2.39. The van der Waals surface area contributed by atoms with Gasteiger partial charge in [0.1, 0.15) is 16.2 Å². The van der Waals surface area contributed by atoms with E-state index in [0.29, 0.717) is 17.8 Å². The summed E-state index contributed by atoms with van der Waals surface area (Å²) in [4.78, 5) is 17.0. The molecule has 3 saturated heterocycles. The molecule has 31 heavy (non-hydrogen) atoms. The van der Waals surface area contributed by atoms with Crippen molar-refractivity contribution in [3.8, 4) is 17.0 Å². The molecule has 5 rings (SSSR count). The van der Waals surface area contributed by atoms with E-state index in [-0.39, 0.29) is 30.7 Å². The highest BCUT2D eigenvalue weighted by atomic mass is 32.2. The van der Waals surface area contributed by atoms with E-state index in [1.54, 1.807) is 18.1 Å². The first kappa shape index (κ1) is 20.5. The summed E-state index contributed by atoms with van der Waals surface area (Å²) >= 11 is 0. The first-order valence-electron chi connectivity index (χ1n) is 10.9. The number of hydrogen-bond donors (Lipinski definition) is 1. The average Bonchev–Trinajstić information content (AvgIpc) is 3.47. The van der Waals surface area contributed by atoms with E-state index < -0.39 is 14.6 Å². The highest BCUT2D eigenvalue weighted by molar-refractivity contribution is 7.93. The second-order valence-electron chi connectivity index (χ2n) is 8.93. The molecule has 8 nitrogen and oxygen atoms in total. The number of likely N-dealkylation sites (tertiary alicyclic amines) is 2. The molecule has 2 aromatic rings. The normalized spacial score (nSPS) is 24.4. The van der Waals surface area contributed by atoms with Crippen molar-refractivity contribution in [1.82, 2.24) is 20.0 Å². The van der Waals surface area contributed by atoms with Gasteiger partial charge in [-0.3, -0.25) is 9.89 Å². The predicted octanol–water partition coefficient (Wildman–Crippen LogP) is 1.81. The van der Waals surface area contributed by atoms with Crippen molar-refractivity contribution in [3.63, 3.8) is 0 Å². The lowest BCUT2D eigenvalue weighted by atomic mass is 9.82. The maximum absolute atomic E-state index is 13.0. The van der Waals surface area contributed by atoms with Crippen molar-refractivity contribution >= 4 is 15.7 Å². The van der Waals surface area contributed by atoms with Crippen LogP contribution in [-0.2, 0) is 9.84 Å². The summed E-state index contributed by atoms with van der Waals surface area (Å²) < 4.78 is 30.2. The van der Waals surface area contributed by atoms with Gasteiger partial charge >= 0.3 is 0 Å². The van der Waals surface area contributed by atoms with E-state index in [2.05, 4.69) is 15.1 Å². The number of methoxy groups -OCH3 is 1. The zero-order valence-corrected chi connectivity index (χ0v) is 18.5. The minimum Gasteiger partial charge on any atom is -0.497 e.